The Bertz CT molecular complexity index is 1860. The van der Waals surface area contributed by atoms with Crippen molar-refractivity contribution in [3.63, 3.8) is 0 Å². The van der Waals surface area contributed by atoms with Crippen molar-refractivity contribution in [2.24, 2.45) is 17.8 Å². The SMILES string of the molecule is CC(C)Cc1cc2cc(-c3cc(-c4[c-]c5ccccc5c(C(C)(C)C)c4)ncn3)ncc2s1.CCC(CC)C(=O)/C=C(\O)C(CC)CC.[Ir]. The van der Waals surface area contributed by atoms with Gasteiger partial charge in [-0.05, 0) is 67.0 Å². The fraction of sp³-hybridized carbons (Fsp3) is 0.429. The van der Waals surface area contributed by atoms with E-state index in [1.165, 1.54) is 32.0 Å². The van der Waals surface area contributed by atoms with E-state index in [1.54, 1.807) is 6.33 Å². The molecule has 0 atom stereocenters. The first-order valence-electron chi connectivity index (χ1n) is 17.5. The number of aliphatic hydroxyl groups is 1. The van der Waals surface area contributed by atoms with Gasteiger partial charge < -0.3 is 5.11 Å². The quantitative estimate of drug-likeness (QED) is 0.0814. The molecule has 0 amide bonds. The van der Waals surface area contributed by atoms with Crippen LogP contribution in [0.1, 0.15) is 98.4 Å². The molecule has 5 nitrogen and oxygen atoms in total. The average molecular weight is 855 g/mol. The van der Waals surface area contributed by atoms with Gasteiger partial charge in [0.1, 0.15) is 6.33 Å². The summed E-state index contributed by atoms with van der Waals surface area (Å²) in [5, 5.41) is 13.3. The molecule has 5 aromatic rings. The Morgan fingerprint density at radius 3 is 2.14 bits per heavy atom. The van der Waals surface area contributed by atoms with Gasteiger partial charge in [-0.3, -0.25) is 14.8 Å². The molecule has 0 aliphatic rings. The van der Waals surface area contributed by atoms with Crippen molar-refractivity contribution in [1.29, 1.82) is 0 Å². The molecule has 3 heterocycles. The summed E-state index contributed by atoms with van der Waals surface area (Å²) >= 11 is 1.83. The summed E-state index contributed by atoms with van der Waals surface area (Å²) < 4.78 is 1.22. The normalized spacial score (nSPS) is 12.0. The molecule has 2 aromatic carbocycles. The Morgan fingerprint density at radius 2 is 1.51 bits per heavy atom. The van der Waals surface area contributed by atoms with Crippen molar-refractivity contribution in [1.82, 2.24) is 15.0 Å². The molecule has 263 valence electrons. The van der Waals surface area contributed by atoms with Crippen LogP contribution in [-0.2, 0) is 36.7 Å². The first kappa shape index (κ1) is 40.2. The van der Waals surface area contributed by atoms with Gasteiger partial charge in [0.15, 0.2) is 5.78 Å². The molecule has 1 N–H and O–H groups in total. The smallest absolute Gasteiger partial charge is 0.162 e. The summed E-state index contributed by atoms with van der Waals surface area (Å²) in [4.78, 5) is 27.0. The molecule has 7 heteroatoms. The molecular formula is C42H52IrN3O2S-. The monoisotopic (exact) mass is 855 g/mol. The van der Waals surface area contributed by atoms with E-state index >= 15 is 0 Å². The first-order valence-corrected chi connectivity index (χ1v) is 18.3. The van der Waals surface area contributed by atoms with Gasteiger partial charge in [0.05, 0.1) is 21.8 Å². The van der Waals surface area contributed by atoms with Crippen molar-refractivity contribution in [3.8, 4) is 22.6 Å². The summed E-state index contributed by atoms with van der Waals surface area (Å²) in [7, 11) is 0. The van der Waals surface area contributed by atoms with Crippen LogP contribution in [0.5, 0.6) is 0 Å². The Kier molecular flexibility index (Phi) is 14.9. The van der Waals surface area contributed by atoms with E-state index in [9.17, 15) is 9.90 Å². The predicted octanol–water partition coefficient (Wildman–Crippen LogP) is 11.7. The van der Waals surface area contributed by atoms with Crippen molar-refractivity contribution in [3.05, 3.63) is 89.4 Å². The maximum absolute atomic E-state index is 11.7. The Hall–Kier alpha value is -3.25. The van der Waals surface area contributed by atoms with Gasteiger partial charge in [-0.25, -0.2) is 4.98 Å². The topological polar surface area (TPSA) is 76.0 Å². The zero-order valence-electron chi connectivity index (χ0n) is 30.6. The fourth-order valence-electron chi connectivity index (χ4n) is 6.06. The molecule has 3 aromatic heterocycles. The van der Waals surface area contributed by atoms with Gasteiger partial charge in [0.25, 0.3) is 0 Å². The van der Waals surface area contributed by atoms with E-state index in [0.717, 1.165) is 60.1 Å². The minimum atomic E-state index is 0. The van der Waals surface area contributed by atoms with Crippen LogP contribution < -0.4 is 0 Å². The van der Waals surface area contributed by atoms with Crippen molar-refractivity contribution >= 4 is 38.0 Å². The first-order chi connectivity index (χ1) is 22.9. The number of aliphatic hydroxyl groups excluding tert-OH is 1. The minimum Gasteiger partial charge on any atom is -0.512 e. The van der Waals surface area contributed by atoms with E-state index in [-0.39, 0.29) is 48.9 Å². The largest absolute Gasteiger partial charge is 0.512 e. The second-order valence-electron chi connectivity index (χ2n) is 14.1. The van der Waals surface area contributed by atoms with Gasteiger partial charge in [0.2, 0.25) is 0 Å². The van der Waals surface area contributed by atoms with Gasteiger partial charge in [-0.15, -0.1) is 40.5 Å². The maximum atomic E-state index is 11.7. The molecule has 0 bridgehead atoms. The molecular weight excluding hydrogens is 803 g/mol. The number of fused-ring (bicyclic) bond motifs is 2. The molecule has 1 radical (unpaired) electrons. The third-order valence-electron chi connectivity index (χ3n) is 8.94. The second-order valence-corrected chi connectivity index (χ2v) is 15.3. The number of aromatic nitrogens is 3. The van der Waals surface area contributed by atoms with E-state index < -0.39 is 0 Å². The maximum Gasteiger partial charge on any atom is 0.162 e. The van der Waals surface area contributed by atoms with Crippen molar-refractivity contribution in [2.45, 2.75) is 99.8 Å². The third kappa shape index (κ3) is 10.4. The van der Waals surface area contributed by atoms with Crippen molar-refractivity contribution < 1.29 is 30.0 Å². The zero-order valence-corrected chi connectivity index (χ0v) is 33.8. The Balaban J connectivity index is 0.000000347. The van der Waals surface area contributed by atoms with Gasteiger partial charge in [0, 0.05) is 54.8 Å². The molecule has 0 unspecified atom stereocenters. The van der Waals surface area contributed by atoms with E-state index in [1.807, 2.05) is 51.3 Å². The summed E-state index contributed by atoms with van der Waals surface area (Å²) in [5.74, 6) is 1.19. The Labute approximate surface area is 311 Å². The summed E-state index contributed by atoms with van der Waals surface area (Å²) in [6, 6.07) is 20.7. The number of rotatable bonds is 11. The average Bonchev–Trinajstić information content (AvgIpc) is 3.46. The summed E-state index contributed by atoms with van der Waals surface area (Å²) in [5.41, 5.74) is 4.86. The number of nitrogens with zero attached hydrogens (tertiary/aromatic N) is 3. The molecule has 5 rings (SSSR count). The number of allylic oxidation sites excluding steroid dienone is 2. The molecule has 0 saturated carbocycles. The van der Waals surface area contributed by atoms with Crippen LogP contribution in [0.2, 0.25) is 0 Å². The van der Waals surface area contributed by atoms with Gasteiger partial charge >= 0.3 is 0 Å². The molecule has 0 aliphatic carbocycles. The number of hydrogen-bond acceptors (Lipinski definition) is 6. The zero-order chi connectivity index (χ0) is 35.0. The number of hydrogen-bond donors (Lipinski definition) is 1. The molecule has 49 heavy (non-hydrogen) atoms. The fourth-order valence-corrected chi connectivity index (χ4v) is 7.28. The van der Waals surface area contributed by atoms with E-state index in [2.05, 4.69) is 93.1 Å². The summed E-state index contributed by atoms with van der Waals surface area (Å²) in [6.45, 7) is 19.3. The van der Waals surface area contributed by atoms with Crippen LogP contribution in [0.25, 0.3) is 43.5 Å². The Morgan fingerprint density at radius 1 is 0.878 bits per heavy atom. The number of pyridine rings is 1. The van der Waals surface area contributed by atoms with Crippen LogP contribution in [0, 0.1) is 23.8 Å². The summed E-state index contributed by atoms with van der Waals surface area (Å²) in [6.07, 6.45) is 9.61. The standard InChI is InChI=1S/C29H28N3S.C13H24O2.Ir/c1-18(2)10-22-12-21-14-26(30-16-28(21)33-22)27-15-25(31-17-32-27)20-11-19-8-6-7-9-23(19)24(13-20)29(3,4)5;1-5-10(6-2)12(14)9-13(15)11(7-3)8-4;/h6-9,12-18H,10H2,1-5H3;9-11,14H,5-8H2,1-4H3;/q-1;;/b;12-9-;. The number of thiophene rings is 1. The molecule has 0 fully saturated rings. The minimum absolute atomic E-state index is 0. The van der Waals surface area contributed by atoms with Crippen LogP contribution in [-0.4, -0.2) is 25.8 Å². The van der Waals surface area contributed by atoms with Crippen LogP contribution in [0.15, 0.2) is 72.9 Å². The number of ketones is 1. The van der Waals surface area contributed by atoms with E-state index in [4.69, 9.17) is 4.98 Å². The van der Waals surface area contributed by atoms with Crippen molar-refractivity contribution in [2.75, 3.05) is 0 Å². The van der Waals surface area contributed by atoms with Crippen LogP contribution >= 0.6 is 11.3 Å². The van der Waals surface area contributed by atoms with Crippen LogP contribution in [0.4, 0.5) is 0 Å². The molecule has 0 spiro atoms. The molecule has 0 saturated heterocycles. The van der Waals surface area contributed by atoms with Gasteiger partial charge in [-0.1, -0.05) is 91.5 Å². The van der Waals surface area contributed by atoms with E-state index in [0.29, 0.717) is 5.92 Å². The number of carbonyl (C=O) groups is 1. The van der Waals surface area contributed by atoms with Gasteiger partial charge in [-0.2, -0.15) is 0 Å². The predicted molar refractivity (Wildman–Crippen MR) is 204 cm³/mol. The number of carbonyl (C=O) groups excluding carboxylic acids is 1. The van der Waals surface area contributed by atoms with Crippen LogP contribution in [0.3, 0.4) is 0 Å². The second kappa shape index (κ2) is 18.1. The molecule has 0 aliphatic heterocycles. The number of benzene rings is 2. The third-order valence-corrected chi connectivity index (χ3v) is 10.0.